The highest BCUT2D eigenvalue weighted by molar-refractivity contribution is 5.92. The molecule has 2 N–H and O–H groups in total. The Labute approximate surface area is 89.6 Å². The number of fused-ring (bicyclic) bond motifs is 1. The first-order chi connectivity index (χ1) is 7.54. The molecule has 0 aliphatic carbocycles. The average Bonchev–Trinajstić information content (AvgIpc) is 2.27. The Morgan fingerprint density at radius 1 is 1.31 bits per heavy atom. The minimum Gasteiger partial charge on any atom is -0.507 e. The largest absolute Gasteiger partial charge is 0.507 e. The molecule has 5 heteroatoms. The van der Waals surface area contributed by atoms with Crippen LogP contribution in [0.1, 0.15) is 15.9 Å². The maximum Gasteiger partial charge on any atom is 0.342 e. The van der Waals surface area contributed by atoms with E-state index >= 15 is 0 Å². The van der Waals surface area contributed by atoms with Crippen molar-refractivity contribution in [3.63, 3.8) is 0 Å². The fourth-order valence-electron chi connectivity index (χ4n) is 1.42. The summed E-state index contributed by atoms with van der Waals surface area (Å²) in [7, 11) is 0. The van der Waals surface area contributed by atoms with Crippen LogP contribution in [0.4, 0.5) is 0 Å². The first kappa shape index (κ1) is 10.2. The molecule has 0 aliphatic heterocycles. The van der Waals surface area contributed by atoms with Gasteiger partial charge in [0, 0.05) is 0 Å². The minimum atomic E-state index is -0.674. The first-order valence-corrected chi connectivity index (χ1v) is 4.49. The van der Waals surface area contributed by atoms with Gasteiger partial charge in [-0.3, -0.25) is 4.79 Å². The van der Waals surface area contributed by atoms with Gasteiger partial charge in [0.05, 0.1) is 16.5 Å². The second-order valence-corrected chi connectivity index (χ2v) is 3.39. The summed E-state index contributed by atoms with van der Waals surface area (Å²) >= 11 is 0. The number of hydrogen-bond donors (Lipinski definition) is 2. The molecular weight excluding hydrogens is 212 g/mol. The fraction of sp³-hybridized carbons (Fsp3) is 0.0909. The van der Waals surface area contributed by atoms with Gasteiger partial charge in [0.2, 0.25) is 0 Å². The minimum absolute atomic E-state index is 0.00102. The van der Waals surface area contributed by atoms with Crippen molar-refractivity contribution >= 4 is 17.3 Å². The van der Waals surface area contributed by atoms with E-state index in [4.69, 9.17) is 4.42 Å². The molecule has 1 aromatic heterocycles. The molecule has 0 bridgehead atoms. The van der Waals surface area contributed by atoms with E-state index in [9.17, 15) is 19.8 Å². The summed E-state index contributed by atoms with van der Waals surface area (Å²) in [6, 6.07) is 2.39. The molecule has 82 valence electrons. The number of carbonyl (C=O) groups excluding carboxylic acids is 1. The Hall–Kier alpha value is -2.30. The Bertz CT molecular complexity index is 639. The maximum atomic E-state index is 11.3. The predicted octanol–water partition coefficient (Wildman–Crippen LogP) is 1.33. The Balaban J connectivity index is 2.97. The van der Waals surface area contributed by atoms with Crippen molar-refractivity contribution in [2.75, 3.05) is 0 Å². The van der Waals surface area contributed by atoms with Crippen molar-refractivity contribution in [3.8, 4) is 11.5 Å². The van der Waals surface area contributed by atoms with Gasteiger partial charge < -0.3 is 14.6 Å². The van der Waals surface area contributed by atoms with Crippen LogP contribution in [0, 0.1) is 6.92 Å². The number of rotatable bonds is 1. The molecule has 16 heavy (non-hydrogen) atoms. The summed E-state index contributed by atoms with van der Waals surface area (Å²) in [6.45, 7) is 1.41. The molecule has 2 rings (SSSR count). The fourth-order valence-corrected chi connectivity index (χ4v) is 1.42. The Kier molecular flexibility index (Phi) is 2.16. The number of phenolic OH excluding ortho intramolecular Hbond substituents is 1. The predicted molar refractivity (Wildman–Crippen MR) is 55.9 cm³/mol. The Morgan fingerprint density at radius 2 is 2.00 bits per heavy atom. The zero-order valence-electron chi connectivity index (χ0n) is 8.35. The molecule has 0 fully saturated rings. The Morgan fingerprint density at radius 3 is 2.62 bits per heavy atom. The van der Waals surface area contributed by atoms with Crippen LogP contribution in [0.3, 0.4) is 0 Å². The first-order valence-electron chi connectivity index (χ1n) is 4.49. The van der Waals surface area contributed by atoms with Gasteiger partial charge in [0.15, 0.2) is 6.29 Å². The number of aldehydes is 1. The van der Waals surface area contributed by atoms with E-state index in [2.05, 4.69) is 0 Å². The summed E-state index contributed by atoms with van der Waals surface area (Å²) in [4.78, 5) is 21.8. The van der Waals surface area contributed by atoms with Crippen LogP contribution in [0.15, 0.2) is 21.3 Å². The monoisotopic (exact) mass is 220 g/mol. The van der Waals surface area contributed by atoms with E-state index in [-0.39, 0.29) is 33.6 Å². The SMILES string of the molecule is Cc1c(O)c2cc(O)c(C=O)cc2oc1=O. The van der Waals surface area contributed by atoms with Crippen LogP contribution in [0.2, 0.25) is 0 Å². The average molecular weight is 220 g/mol. The lowest BCUT2D eigenvalue weighted by Gasteiger charge is -2.04. The second kappa shape index (κ2) is 3.37. The van der Waals surface area contributed by atoms with Gasteiger partial charge in [-0.05, 0) is 19.1 Å². The molecule has 0 amide bonds. The van der Waals surface area contributed by atoms with Gasteiger partial charge in [-0.1, -0.05) is 0 Å². The zero-order valence-corrected chi connectivity index (χ0v) is 8.35. The normalized spacial score (nSPS) is 10.6. The smallest absolute Gasteiger partial charge is 0.342 e. The highest BCUT2D eigenvalue weighted by Crippen LogP contribution is 2.30. The summed E-state index contributed by atoms with van der Waals surface area (Å²) < 4.78 is 4.89. The van der Waals surface area contributed by atoms with E-state index in [0.717, 1.165) is 0 Å². The third-order valence-corrected chi connectivity index (χ3v) is 2.38. The second-order valence-electron chi connectivity index (χ2n) is 3.39. The van der Waals surface area contributed by atoms with Gasteiger partial charge in [-0.15, -0.1) is 0 Å². The number of benzene rings is 1. The van der Waals surface area contributed by atoms with Crippen LogP contribution in [0.5, 0.6) is 11.5 Å². The lowest BCUT2D eigenvalue weighted by molar-refractivity contribution is 0.112. The molecule has 0 spiro atoms. The van der Waals surface area contributed by atoms with Crippen LogP contribution < -0.4 is 5.63 Å². The van der Waals surface area contributed by atoms with Crippen molar-refractivity contribution in [1.29, 1.82) is 0 Å². The molecule has 0 aliphatic rings. The molecule has 2 aromatic rings. The third kappa shape index (κ3) is 1.33. The number of hydrogen-bond acceptors (Lipinski definition) is 5. The molecule has 5 nitrogen and oxygen atoms in total. The topological polar surface area (TPSA) is 87.7 Å². The summed E-state index contributed by atoms with van der Waals surface area (Å²) in [5.41, 5.74) is -0.551. The van der Waals surface area contributed by atoms with E-state index in [1.807, 2.05) is 0 Å². The van der Waals surface area contributed by atoms with E-state index in [1.165, 1.54) is 19.1 Å². The van der Waals surface area contributed by atoms with Crippen molar-refractivity contribution in [1.82, 2.24) is 0 Å². The molecule has 0 saturated heterocycles. The van der Waals surface area contributed by atoms with E-state index in [1.54, 1.807) is 0 Å². The lowest BCUT2D eigenvalue weighted by Crippen LogP contribution is -2.03. The molecule has 0 atom stereocenters. The number of phenols is 1. The van der Waals surface area contributed by atoms with Crippen molar-refractivity contribution in [3.05, 3.63) is 33.7 Å². The van der Waals surface area contributed by atoms with Gasteiger partial charge in [-0.2, -0.15) is 0 Å². The standard InChI is InChI=1S/C11H8O5/c1-5-10(14)7-3-8(13)6(4-12)2-9(7)16-11(5)15/h2-4,13-14H,1H3. The van der Waals surface area contributed by atoms with Gasteiger partial charge in [-0.25, -0.2) is 4.79 Å². The lowest BCUT2D eigenvalue weighted by atomic mass is 10.1. The van der Waals surface area contributed by atoms with Crippen molar-refractivity contribution < 1.29 is 19.4 Å². The maximum absolute atomic E-state index is 11.3. The van der Waals surface area contributed by atoms with Crippen LogP contribution in [-0.2, 0) is 0 Å². The molecule has 0 unspecified atom stereocenters. The van der Waals surface area contributed by atoms with Crippen molar-refractivity contribution in [2.45, 2.75) is 6.92 Å². The van der Waals surface area contributed by atoms with Gasteiger partial charge >= 0.3 is 5.63 Å². The molecule has 0 radical (unpaired) electrons. The molecule has 1 heterocycles. The zero-order chi connectivity index (χ0) is 11.9. The van der Waals surface area contributed by atoms with E-state index in [0.29, 0.717) is 6.29 Å². The highest BCUT2D eigenvalue weighted by Gasteiger charge is 2.12. The molecule has 0 saturated carbocycles. The van der Waals surface area contributed by atoms with E-state index < -0.39 is 5.63 Å². The number of aromatic hydroxyl groups is 2. The quantitative estimate of drug-likeness (QED) is 0.559. The van der Waals surface area contributed by atoms with Crippen LogP contribution in [0.25, 0.3) is 11.0 Å². The molecular formula is C11H8O5. The van der Waals surface area contributed by atoms with Gasteiger partial charge in [0.25, 0.3) is 0 Å². The van der Waals surface area contributed by atoms with Gasteiger partial charge in [0.1, 0.15) is 17.1 Å². The summed E-state index contributed by atoms with van der Waals surface area (Å²) in [6.07, 6.45) is 0.436. The highest BCUT2D eigenvalue weighted by atomic mass is 16.4. The number of carbonyl (C=O) groups is 1. The van der Waals surface area contributed by atoms with Crippen molar-refractivity contribution in [2.24, 2.45) is 0 Å². The summed E-state index contributed by atoms with van der Waals surface area (Å²) in [5, 5.41) is 19.3. The van der Waals surface area contributed by atoms with Crippen LogP contribution in [-0.4, -0.2) is 16.5 Å². The molecule has 1 aromatic carbocycles. The summed E-state index contributed by atoms with van der Waals surface area (Å²) in [5.74, 6) is -0.523. The van der Waals surface area contributed by atoms with Crippen LogP contribution >= 0.6 is 0 Å². The third-order valence-electron chi connectivity index (χ3n) is 2.38.